The molecule has 0 atom stereocenters. The normalized spacial score (nSPS) is 16.9. The van der Waals surface area contributed by atoms with Gasteiger partial charge in [0, 0.05) is 22.4 Å². The van der Waals surface area contributed by atoms with Crippen LogP contribution in [0.1, 0.15) is 38.5 Å². The number of hydrogen-bond donors (Lipinski definition) is 0. The van der Waals surface area contributed by atoms with E-state index in [-0.39, 0.29) is 6.09 Å². The molecule has 0 spiro atoms. The minimum Gasteiger partial charge on any atom is -0.444 e. The van der Waals surface area contributed by atoms with Gasteiger partial charge in [-0.3, -0.25) is 0 Å². The molecular weight excluding hydrogens is 350 g/mol. The topological polar surface area (TPSA) is 29.5 Å². The average molecular weight is 372 g/mol. The second-order valence-corrected chi connectivity index (χ2v) is 8.14. The molecule has 1 aromatic heterocycles. The lowest BCUT2D eigenvalue weighted by molar-refractivity contribution is 0.0200. The number of allylic oxidation sites excluding steroid dienone is 1. The maximum absolute atomic E-state index is 12.0. The summed E-state index contributed by atoms with van der Waals surface area (Å²) in [6.07, 6.45) is 1.69. The molecule has 116 valence electrons. The first-order chi connectivity index (χ1) is 9.78. The number of amides is 1. The number of thiophene rings is 1. The maximum Gasteiger partial charge on any atom is 0.410 e. The zero-order chi connectivity index (χ0) is 15.6. The molecule has 2 heterocycles. The van der Waals surface area contributed by atoms with Crippen molar-refractivity contribution in [3.63, 3.8) is 0 Å². The van der Waals surface area contributed by atoms with E-state index < -0.39 is 5.60 Å². The molecule has 1 fully saturated rings. The predicted molar refractivity (Wildman–Crippen MR) is 91.6 cm³/mol. The number of piperidine rings is 1. The molecule has 1 saturated heterocycles. The SMILES string of the molecule is C=C(c1sccc1Br)C1CCN(C(=O)OC(C)(C)C)CC1. The van der Waals surface area contributed by atoms with Crippen LogP contribution in [0, 0.1) is 5.92 Å². The molecule has 0 bridgehead atoms. The highest BCUT2D eigenvalue weighted by atomic mass is 79.9. The molecular formula is C16H22BrNO2S. The van der Waals surface area contributed by atoms with Crippen LogP contribution in [-0.2, 0) is 4.74 Å². The number of halogens is 1. The van der Waals surface area contributed by atoms with Crippen molar-refractivity contribution in [2.24, 2.45) is 5.92 Å². The van der Waals surface area contributed by atoms with Crippen LogP contribution in [0.5, 0.6) is 0 Å². The number of carbonyl (C=O) groups is 1. The summed E-state index contributed by atoms with van der Waals surface area (Å²) >= 11 is 5.28. The number of hydrogen-bond acceptors (Lipinski definition) is 3. The lowest BCUT2D eigenvalue weighted by Gasteiger charge is -2.34. The van der Waals surface area contributed by atoms with Crippen molar-refractivity contribution in [3.05, 3.63) is 27.4 Å². The fraction of sp³-hybridized carbons (Fsp3) is 0.562. The highest BCUT2D eigenvalue weighted by Crippen LogP contribution is 2.37. The fourth-order valence-corrected chi connectivity index (χ4v) is 4.13. The highest BCUT2D eigenvalue weighted by Gasteiger charge is 2.28. The van der Waals surface area contributed by atoms with Crippen molar-refractivity contribution < 1.29 is 9.53 Å². The van der Waals surface area contributed by atoms with E-state index in [0.29, 0.717) is 5.92 Å². The van der Waals surface area contributed by atoms with Gasteiger partial charge in [0.25, 0.3) is 0 Å². The summed E-state index contributed by atoms with van der Waals surface area (Å²) in [5.41, 5.74) is 0.750. The van der Waals surface area contributed by atoms with E-state index in [1.807, 2.05) is 20.8 Å². The first kappa shape index (κ1) is 16.6. The van der Waals surface area contributed by atoms with Crippen molar-refractivity contribution in [1.82, 2.24) is 4.90 Å². The summed E-state index contributed by atoms with van der Waals surface area (Å²) in [7, 11) is 0. The van der Waals surface area contributed by atoms with E-state index in [4.69, 9.17) is 4.74 Å². The van der Waals surface area contributed by atoms with Crippen molar-refractivity contribution in [2.45, 2.75) is 39.2 Å². The summed E-state index contributed by atoms with van der Waals surface area (Å²) < 4.78 is 6.54. The van der Waals surface area contributed by atoms with Gasteiger partial charge in [0.2, 0.25) is 0 Å². The van der Waals surface area contributed by atoms with E-state index in [1.165, 1.54) is 10.5 Å². The second kappa shape index (κ2) is 6.53. The van der Waals surface area contributed by atoms with Gasteiger partial charge >= 0.3 is 6.09 Å². The highest BCUT2D eigenvalue weighted by molar-refractivity contribution is 9.10. The average Bonchev–Trinajstić information content (AvgIpc) is 2.82. The smallest absolute Gasteiger partial charge is 0.410 e. The molecule has 3 nitrogen and oxygen atoms in total. The van der Waals surface area contributed by atoms with Crippen LogP contribution in [0.15, 0.2) is 22.5 Å². The Hall–Kier alpha value is -0.810. The molecule has 1 aromatic rings. The first-order valence-corrected chi connectivity index (χ1v) is 8.85. The Bertz CT molecular complexity index is 525. The molecule has 0 radical (unpaired) electrons. The molecule has 2 rings (SSSR count). The standard InChI is InChI=1S/C16H22BrNO2S/c1-11(14-13(17)7-10-21-14)12-5-8-18(9-6-12)15(19)20-16(2,3)4/h7,10,12H,1,5-6,8-9H2,2-4H3. The van der Waals surface area contributed by atoms with Gasteiger partial charge in [0.1, 0.15) is 5.60 Å². The molecule has 21 heavy (non-hydrogen) atoms. The number of rotatable bonds is 2. The van der Waals surface area contributed by atoms with Crippen LogP contribution in [-0.4, -0.2) is 29.7 Å². The lowest BCUT2D eigenvalue weighted by Crippen LogP contribution is -2.41. The van der Waals surface area contributed by atoms with Crippen LogP contribution in [0.3, 0.4) is 0 Å². The van der Waals surface area contributed by atoms with Crippen LogP contribution >= 0.6 is 27.3 Å². The van der Waals surface area contributed by atoms with Gasteiger partial charge in [0.15, 0.2) is 0 Å². The van der Waals surface area contributed by atoms with E-state index >= 15 is 0 Å². The quantitative estimate of drug-likeness (QED) is 0.717. The van der Waals surface area contributed by atoms with Gasteiger partial charge in [-0.2, -0.15) is 0 Å². The third-order valence-electron chi connectivity index (χ3n) is 3.55. The summed E-state index contributed by atoms with van der Waals surface area (Å²) in [5, 5.41) is 2.07. The first-order valence-electron chi connectivity index (χ1n) is 7.18. The van der Waals surface area contributed by atoms with Gasteiger partial charge in [-0.1, -0.05) is 6.58 Å². The Balaban J connectivity index is 1.90. The minimum absolute atomic E-state index is 0.205. The largest absolute Gasteiger partial charge is 0.444 e. The van der Waals surface area contributed by atoms with Gasteiger partial charge in [-0.15, -0.1) is 11.3 Å². The van der Waals surface area contributed by atoms with Crippen molar-refractivity contribution in [1.29, 1.82) is 0 Å². The molecule has 1 aliphatic heterocycles. The van der Waals surface area contributed by atoms with Crippen molar-refractivity contribution in [2.75, 3.05) is 13.1 Å². The van der Waals surface area contributed by atoms with Gasteiger partial charge < -0.3 is 9.64 Å². The summed E-state index contributed by atoms with van der Waals surface area (Å²) in [6, 6.07) is 2.06. The number of ether oxygens (including phenoxy) is 1. The molecule has 0 N–H and O–H groups in total. The van der Waals surface area contributed by atoms with E-state index in [9.17, 15) is 4.79 Å². The zero-order valence-electron chi connectivity index (χ0n) is 12.8. The molecule has 1 amide bonds. The zero-order valence-corrected chi connectivity index (χ0v) is 15.2. The van der Waals surface area contributed by atoms with Gasteiger partial charge in [-0.05, 0) is 72.5 Å². The Morgan fingerprint density at radius 2 is 2.05 bits per heavy atom. The summed E-state index contributed by atoms with van der Waals surface area (Å²) in [6.45, 7) is 11.4. The van der Waals surface area contributed by atoms with Crippen LogP contribution in [0.4, 0.5) is 4.79 Å². The third-order valence-corrected chi connectivity index (χ3v) is 5.46. The van der Waals surface area contributed by atoms with Crippen molar-refractivity contribution >= 4 is 38.9 Å². The van der Waals surface area contributed by atoms with E-state index in [1.54, 1.807) is 16.2 Å². The summed E-state index contributed by atoms with van der Waals surface area (Å²) in [4.78, 5) is 15.1. The number of likely N-dealkylation sites (tertiary alicyclic amines) is 1. The van der Waals surface area contributed by atoms with Gasteiger partial charge in [-0.25, -0.2) is 4.79 Å². The Morgan fingerprint density at radius 1 is 1.43 bits per heavy atom. The van der Waals surface area contributed by atoms with E-state index in [0.717, 1.165) is 30.4 Å². The number of carbonyl (C=O) groups excluding carboxylic acids is 1. The molecule has 5 heteroatoms. The maximum atomic E-state index is 12.0. The Kier molecular flexibility index (Phi) is 5.15. The molecule has 0 unspecified atom stereocenters. The summed E-state index contributed by atoms with van der Waals surface area (Å²) in [5.74, 6) is 0.443. The van der Waals surface area contributed by atoms with Crippen LogP contribution < -0.4 is 0 Å². The Morgan fingerprint density at radius 3 is 2.52 bits per heavy atom. The molecule has 0 aliphatic carbocycles. The molecule has 0 aromatic carbocycles. The third kappa shape index (κ3) is 4.33. The van der Waals surface area contributed by atoms with E-state index in [2.05, 4.69) is 34.0 Å². The molecule has 1 aliphatic rings. The second-order valence-electron chi connectivity index (χ2n) is 6.36. The van der Waals surface area contributed by atoms with Gasteiger partial charge in [0.05, 0.1) is 0 Å². The number of nitrogens with zero attached hydrogens (tertiary/aromatic N) is 1. The predicted octanol–water partition coefficient (Wildman–Crippen LogP) is 5.17. The lowest BCUT2D eigenvalue weighted by atomic mass is 9.89. The monoisotopic (exact) mass is 371 g/mol. The van der Waals surface area contributed by atoms with Crippen LogP contribution in [0.2, 0.25) is 0 Å². The van der Waals surface area contributed by atoms with Crippen molar-refractivity contribution in [3.8, 4) is 0 Å². The minimum atomic E-state index is -0.431. The van der Waals surface area contributed by atoms with Crippen LogP contribution in [0.25, 0.3) is 5.57 Å². The molecule has 0 saturated carbocycles. The fourth-order valence-electron chi connectivity index (χ4n) is 2.45. The Labute approximate surface area is 139 Å².